The highest BCUT2D eigenvalue weighted by Gasteiger charge is 2.26. The van der Waals surface area contributed by atoms with Crippen LogP contribution in [0.15, 0.2) is 30.3 Å². The molecule has 0 spiro atoms. The van der Waals surface area contributed by atoms with Crippen LogP contribution in [0, 0.1) is 5.92 Å². The average molecular weight is 357 g/mol. The average Bonchev–Trinajstić information content (AvgIpc) is 2.46. The number of benzene rings is 1. The lowest BCUT2D eigenvalue weighted by molar-refractivity contribution is -0.152. The number of carbonyl (C=O) groups is 2. The fraction of sp³-hybridized carbons (Fsp3) is 0.556. The van der Waals surface area contributed by atoms with Crippen LogP contribution in [0.1, 0.15) is 39.7 Å². The normalized spacial score (nSPS) is 13.1. The molecule has 1 aromatic carbocycles. The van der Waals surface area contributed by atoms with Crippen molar-refractivity contribution in [2.24, 2.45) is 11.7 Å². The third-order valence-corrected chi connectivity index (χ3v) is 3.30. The summed E-state index contributed by atoms with van der Waals surface area (Å²) in [5, 5.41) is 2.74. The maximum atomic E-state index is 12.3. The number of nitrogens with two attached hydrogens (primary N) is 1. The van der Waals surface area contributed by atoms with Crippen molar-refractivity contribution in [1.82, 2.24) is 5.32 Å². The summed E-state index contributed by atoms with van der Waals surface area (Å²) in [5.41, 5.74) is 6.95. The second-order valence-electron chi connectivity index (χ2n) is 6.47. The number of esters is 1. The first-order chi connectivity index (χ1) is 10.8. The van der Waals surface area contributed by atoms with E-state index in [1.54, 1.807) is 13.8 Å². The highest BCUT2D eigenvalue weighted by atomic mass is 35.5. The van der Waals surface area contributed by atoms with Crippen LogP contribution in [-0.4, -0.2) is 30.1 Å². The molecule has 2 atom stereocenters. The van der Waals surface area contributed by atoms with Gasteiger partial charge >= 0.3 is 5.97 Å². The van der Waals surface area contributed by atoms with Crippen LogP contribution in [0.5, 0.6) is 0 Å². The maximum absolute atomic E-state index is 12.3. The molecule has 0 bridgehead atoms. The highest BCUT2D eigenvalue weighted by Crippen LogP contribution is 2.09. The first kappa shape index (κ1) is 22.4. The van der Waals surface area contributed by atoms with Crippen LogP contribution in [0.3, 0.4) is 0 Å². The predicted octanol–water partition coefficient (Wildman–Crippen LogP) is 2.46. The Morgan fingerprint density at radius 3 is 2.21 bits per heavy atom. The van der Waals surface area contributed by atoms with Gasteiger partial charge in [0.15, 0.2) is 0 Å². The lowest BCUT2D eigenvalue weighted by Gasteiger charge is -2.22. The van der Waals surface area contributed by atoms with E-state index >= 15 is 0 Å². The van der Waals surface area contributed by atoms with Crippen molar-refractivity contribution >= 4 is 24.3 Å². The van der Waals surface area contributed by atoms with E-state index < -0.39 is 18.1 Å². The Bertz CT molecular complexity index is 506. The fourth-order valence-corrected chi connectivity index (χ4v) is 2.24. The Balaban J connectivity index is 0.00000529. The second-order valence-corrected chi connectivity index (χ2v) is 6.47. The first-order valence-corrected chi connectivity index (χ1v) is 8.10. The lowest BCUT2D eigenvalue weighted by Crippen LogP contribution is -2.50. The zero-order valence-electron chi connectivity index (χ0n) is 14.8. The van der Waals surface area contributed by atoms with Crippen molar-refractivity contribution in [3.63, 3.8) is 0 Å². The summed E-state index contributed by atoms with van der Waals surface area (Å²) in [7, 11) is 0. The molecule has 0 fully saturated rings. The molecule has 1 amide bonds. The van der Waals surface area contributed by atoms with Gasteiger partial charge in [-0.05, 0) is 38.2 Å². The van der Waals surface area contributed by atoms with Gasteiger partial charge in [0.05, 0.1) is 12.1 Å². The molecule has 0 aliphatic heterocycles. The lowest BCUT2D eigenvalue weighted by atomic mass is 10.0. The molecule has 0 saturated heterocycles. The van der Waals surface area contributed by atoms with Gasteiger partial charge in [-0.2, -0.15) is 0 Å². The molecule has 0 unspecified atom stereocenters. The van der Waals surface area contributed by atoms with Crippen molar-refractivity contribution in [1.29, 1.82) is 0 Å². The molecule has 0 aliphatic rings. The van der Waals surface area contributed by atoms with E-state index in [1.165, 1.54) is 0 Å². The zero-order valence-corrected chi connectivity index (χ0v) is 15.6. The van der Waals surface area contributed by atoms with Gasteiger partial charge in [0.1, 0.15) is 6.04 Å². The third kappa shape index (κ3) is 8.31. The molecule has 0 heterocycles. The van der Waals surface area contributed by atoms with Crippen LogP contribution < -0.4 is 11.1 Å². The molecule has 3 N–H and O–H groups in total. The van der Waals surface area contributed by atoms with E-state index in [0.717, 1.165) is 5.56 Å². The summed E-state index contributed by atoms with van der Waals surface area (Å²) in [5.74, 6) is -0.487. The van der Waals surface area contributed by atoms with Gasteiger partial charge in [0.2, 0.25) is 5.91 Å². The molecule has 24 heavy (non-hydrogen) atoms. The molecule has 1 aromatic rings. The summed E-state index contributed by atoms with van der Waals surface area (Å²) < 4.78 is 5.22. The minimum absolute atomic E-state index is 0. The molecule has 0 aromatic heterocycles. The number of ether oxygens (including phenoxy) is 1. The van der Waals surface area contributed by atoms with E-state index in [1.807, 2.05) is 44.2 Å². The molecular formula is C18H29ClN2O3. The smallest absolute Gasteiger partial charge is 0.328 e. The number of amides is 1. The molecule has 136 valence electrons. The zero-order chi connectivity index (χ0) is 17.4. The van der Waals surface area contributed by atoms with Crippen molar-refractivity contribution in [3.05, 3.63) is 35.9 Å². The Hall–Kier alpha value is -1.59. The molecule has 1 rings (SSSR count). The monoisotopic (exact) mass is 356 g/mol. The summed E-state index contributed by atoms with van der Waals surface area (Å²) >= 11 is 0. The van der Waals surface area contributed by atoms with Crippen LogP contribution in [0.4, 0.5) is 0 Å². The number of hydrogen-bond donors (Lipinski definition) is 2. The van der Waals surface area contributed by atoms with Gasteiger partial charge in [-0.1, -0.05) is 44.2 Å². The largest absolute Gasteiger partial charge is 0.461 e. The molecule has 5 nitrogen and oxygen atoms in total. The first-order valence-electron chi connectivity index (χ1n) is 8.10. The molecule has 0 radical (unpaired) electrons. The Kier molecular flexibility index (Phi) is 10.3. The second kappa shape index (κ2) is 11.0. The van der Waals surface area contributed by atoms with Gasteiger partial charge in [-0.25, -0.2) is 4.79 Å². The van der Waals surface area contributed by atoms with E-state index in [-0.39, 0.29) is 30.3 Å². The number of rotatable bonds is 8. The predicted molar refractivity (Wildman–Crippen MR) is 98.0 cm³/mol. The van der Waals surface area contributed by atoms with E-state index in [9.17, 15) is 9.59 Å². The minimum atomic E-state index is -0.695. The van der Waals surface area contributed by atoms with Crippen molar-refractivity contribution in [2.45, 2.75) is 58.7 Å². The molecule has 6 heteroatoms. The van der Waals surface area contributed by atoms with Crippen molar-refractivity contribution in [2.75, 3.05) is 0 Å². The van der Waals surface area contributed by atoms with E-state index in [2.05, 4.69) is 5.32 Å². The van der Waals surface area contributed by atoms with Gasteiger partial charge in [-0.3, -0.25) is 4.79 Å². The molecular weight excluding hydrogens is 328 g/mol. The fourth-order valence-electron chi connectivity index (χ4n) is 2.24. The summed E-state index contributed by atoms with van der Waals surface area (Å²) in [6.45, 7) is 7.55. The standard InChI is InChI=1S/C18H28N2O3.ClH/c1-12(2)10-16(18(22)23-13(3)4)20-17(21)15(19)11-14-8-6-5-7-9-14;/h5-9,12-13,15-16H,10-11,19H2,1-4H3,(H,20,21);1H/t15-,16-;/m0./s1. The van der Waals surface area contributed by atoms with Crippen LogP contribution >= 0.6 is 12.4 Å². The summed E-state index contributed by atoms with van der Waals surface area (Å²) in [6.07, 6.45) is 0.738. The Morgan fingerprint density at radius 1 is 1.12 bits per heavy atom. The SMILES string of the molecule is CC(C)C[C@H](NC(=O)[C@@H](N)Cc1ccccc1)C(=O)OC(C)C.Cl. The number of carbonyl (C=O) groups excluding carboxylic acids is 2. The number of halogens is 1. The van der Waals surface area contributed by atoms with Crippen LogP contribution in [-0.2, 0) is 20.7 Å². The van der Waals surface area contributed by atoms with Crippen LogP contribution in [0.2, 0.25) is 0 Å². The quantitative estimate of drug-likeness (QED) is 0.701. The van der Waals surface area contributed by atoms with Crippen molar-refractivity contribution in [3.8, 4) is 0 Å². The molecule has 0 saturated carbocycles. The van der Waals surface area contributed by atoms with E-state index in [0.29, 0.717) is 12.8 Å². The summed E-state index contributed by atoms with van der Waals surface area (Å²) in [4.78, 5) is 24.4. The molecule has 0 aliphatic carbocycles. The number of nitrogens with one attached hydrogen (secondary N) is 1. The van der Waals surface area contributed by atoms with Crippen molar-refractivity contribution < 1.29 is 14.3 Å². The van der Waals surface area contributed by atoms with Crippen LogP contribution in [0.25, 0.3) is 0 Å². The third-order valence-electron chi connectivity index (χ3n) is 3.30. The van der Waals surface area contributed by atoms with Gasteiger partial charge in [0.25, 0.3) is 0 Å². The summed E-state index contributed by atoms with van der Waals surface area (Å²) in [6, 6.07) is 8.21. The maximum Gasteiger partial charge on any atom is 0.328 e. The highest BCUT2D eigenvalue weighted by molar-refractivity contribution is 5.87. The van der Waals surface area contributed by atoms with Gasteiger partial charge in [-0.15, -0.1) is 12.4 Å². The Labute approximate surface area is 150 Å². The number of hydrogen-bond acceptors (Lipinski definition) is 4. The topological polar surface area (TPSA) is 81.4 Å². The van der Waals surface area contributed by atoms with Gasteiger partial charge in [0, 0.05) is 0 Å². The Morgan fingerprint density at radius 2 is 1.71 bits per heavy atom. The van der Waals surface area contributed by atoms with Gasteiger partial charge < -0.3 is 15.8 Å². The van der Waals surface area contributed by atoms with E-state index in [4.69, 9.17) is 10.5 Å². The minimum Gasteiger partial charge on any atom is -0.461 e.